The highest BCUT2D eigenvalue weighted by Crippen LogP contribution is 2.36. The lowest BCUT2D eigenvalue weighted by atomic mass is 10.1. The first-order valence-corrected chi connectivity index (χ1v) is 30.2. The maximum atomic E-state index is 12.5. The lowest BCUT2D eigenvalue weighted by molar-refractivity contribution is -0.140. The summed E-state index contributed by atoms with van der Waals surface area (Å²) in [6, 6.07) is 22.4. The van der Waals surface area contributed by atoms with Crippen molar-refractivity contribution in [1.29, 1.82) is 0 Å². The molecule has 2 aromatic heterocycles. The predicted octanol–water partition coefficient (Wildman–Crippen LogP) is 5.65. The van der Waals surface area contributed by atoms with Gasteiger partial charge in [-0.1, -0.05) is 56.9 Å². The zero-order valence-corrected chi connectivity index (χ0v) is 52.8. The fraction of sp³-hybridized carbons (Fsp3) is 0.453. The van der Waals surface area contributed by atoms with Crippen molar-refractivity contribution < 1.29 is 67.8 Å². The molecular formula is C64H87N13O14. The Kier molecular flexibility index (Phi) is 31.4. The van der Waals surface area contributed by atoms with E-state index in [1.54, 1.807) is 57.4 Å². The summed E-state index contributed by atoms with van der Waals surface area (Å²) in [5, 5.41) is 46.7. The molecule has 6 aromatic rings. The van der Waals surface area contributed by atoms with Gasteiger partial charge in [-0.25, -0.2) is 19.9 Å². The van der Waals surface area contributed by atoms with Crippen LogP contribution in [0.3, 0.4) is 0 Å². The normalized spacial score (nSPS) is 11.0. The number of nitrogens with zero attached hydrogens (tertiary/aromatic N) is 7. The molecule has 4 aromatic carbocycles. The Hall–Kier alpha value is -9.47. The Balaban J connectivity index is 0.000000333. The molecular weight excluding hydrogens is 1170 g/mol. The van der Waals surface area contributed by atoms with Crippen LogP contribution in [0.4, 0.5) is 23.0 Å². The van der Waals surface area contributed by atoms with E-state index in [0.29, 0.717) is 79.4 Å². The van der Waals surface area contributed by atoms with Crippen molar-refractivity contribution in [3.8, 4) is 23.0 Å². The number of ether oxygens (including phenoxy) is 4. The molecule has 0 radical (unpaired) electrons. The van der Waals surface area contributed by atoms with E-state index in [4.69, 9.17) is 34.3 Å². The smallest absolute Gasteiger partial charge is 0.317 e. The number of methoxy groups -OCH3 is 4. The SMILES string of the molecule is CCCN(CC(=O)O)CC(=O)NCCCCCCNC(=O)Cc1ccc(Nc2ncnc3cc(OC)c(OC)cc23)cc1.COc1cc2ncnc(Nc3ccc(CC(=O)NCCCCCCNC(=O)CN(CCN(C)CC(=O)O)CC(=O)O)cc3)c2cc1OC. The van der Waals surface area contributed by atoms with E-state index in [2.05, 4.69) is 51.8 Å². The maximum absolute atomic E-state index is 12.5. The van der Waals surface area contributed by atoms with Crippen LogP contribution in [0.5, 0.6) is 23.0 Å². The molecule has 0 aliphatic carbocycles. The van der Waals surface area contributed by atoms with Crippen molar-refractivity contribution in [1.82, 2.24) is 55.9 Å². The highest BCUT2D eigenvalue weighted by molar-refractivity contribution is 5.94. The van der Waals surface area contributed by atoms with Gasteiger partial charge in [0.25, 0.3) is 0 Å². The first kappa shape index (κ1) is 72.3. The fourth-order valence-electron chi connectivity index (χ4n) is 9.53. The van der Waals surface area contributed by atoms with Crippen molar-refractivity contribution >= 4 is 86.4 Å². The van der Waals surface area contributed by atoms with Crippen LogP contribution in [0.25, 0.3) is 21.8 Å². The number of nitrogens with one attached hydrogen (secondary N) is 6. The Morgan fingerprint density at radius 3 is 1.13 bits per heavy atom. The Bertz CT molecular complexity index is 3300. The summed E-state index contributed by atoms with van der Waals surface area (Å²) in [5.41, 5.74) is 4.84. The summed E-state index contributed by atoms with van der Waals surface area (Å²) < 4.78 is 21.6. The summed E-state index contributed by atoms with van der Waals surface area (Å²) in [7, 11) is 7.93. The molecule has 0 aliphatic heterocycles. The molecule has 4 amide bonds. The monoisotopic (exact) mass is 1260 g/mol. The van der Waals surface area contributed by atoms with Crippen LogP contribution >= 0.6 is 0 Å². The third kappa shape index (κ3) is 26.6. The first-order valence-electron chi connectivity index (χ1n) is 30.2. The quantitative estimate of drug-likeness (QED) is 0.0209. The number of carboxylic acid groups (broad SMARTS) is 3. The molecule has 492 valence electrons. The Labute approximate surface area is 530 Å². The van der Waals surface area contributed by atoms with Crippen LogP contribution in [0.2, 0.25) is 0 Å². The maximum Gasteiger partial charge on any atom is 0.317 e. The predicted molar refractivity (Wildman–Crippen MR) is 345 cm³/mol. The van der Waals surface area contributed by atoms with Gasteiger partial charge in [0.2, 0.25) is 23.6 Å². The summed E-state index contributed by atoms with van der Waals surface area (Å²) >= 11 is 0. The minimum Gasteiger partial charge on any atom is -0.493 e. The van der Waals surface area contributed by atoms with Crippen molar-refractivity contribution in [2.24, 2.45) is 0 Å². The molecule has 91 heavy (non-hydrogen) atoms. The van der Waals surface area contributed by atoms with E-state index in [-0.39, 0.29) is 75.7 Å². The molecule has 0 spiro atoms. The summed E-state index contributed by atoms with van der Waals surface area (Å²) in [6.07, 6.45) is 11.2. The largest absolute Gasteiger partial charge is 0.493 e. The number of hydrogen-bond donors (Lipinski definition) is 9. The van der Waals surface area contributed by atoms with Crippen LogP contribution in [0.15, 0.2) is 85.5 Å². The molecule has 27 nitrogen and oxygen atoms in total. The first-order chi connectivity index (χ1) is 43.9. The molecule has 9 N–H and O–H groups in total. The summed E-state index contributed by atoms with van der Waals surface area (Å²) in [4.78, 5) is 104. The number of benzene rings is 4. The molecule has 0 bridgehead atoms. The summed E-state index contributed by atoms with van der Waals surface area (Å²) in [6.45, 7) is 4.68. The molecule has 0 fully saturated rings. The molecule has 2 heterocycles. The number of hydrogen-bond acceptors (Lipinski definition) is 20. The lowest BCUT2D eigenvalue weighted by Gasteiger charge is -2.22. The third-order valence-electron chi connectivity index (χ3n) is 14.1. The topological polar surface area (TPSA) is 351 Å². The standard InChI is InChI=1S/C33H45N7O8.C31H42N6O6/c1-39(20-31(43)44)14-15-40(21-32(45)46)19-30(42)35-13-7-5-4-6-12-34-29(41)16-23-8-10-24(11-9-23)38-33-25-17-27(47-2)28(48-3)18-26(25)36-22-37-33;1-4-15-37(20-30(40)41)19-29(39)33-14-8-6-5-7-13-32-28(38)16-22-9-11-23(12-10-22)36-31-24-17-26(42-2)27(43-3)18-25(24)34-21-35-31/h8-11,17-18,22H,4-7,12-16,19-21H2,1-3H3,(H,34,41)(H,35,42)(H,43,44)(H,45,46)(H,36,37,38);9-12,17-18,21H,4-8,13-16,19-20H2,1-3H3,(H,32,38)(H,33,39)(H,40,41)(H,34,35,36). The molecule has 6 rings (SSSR count). The van der Waals surface area contributed by atoms with Crippen LogP contribution in [-0.4, -0.2) is 206 Å². The zero-order valence-electron chi connectivity index (χ0n) is 52.8. The van der Waals surface area contributed by atoms with Gasteiger partial charge in [0.15, 0.2) is 23.0 Å². The Morgan fingerprint density at radius 1 is 0.429 bits per heavy atom. The third-order valence-corrected chi connectivity index (χ3v) is 14.1. The number of carboxylic acids is 3. The van der Waals surface area contributed by atoms with Crippen LogP contribution in [0, 0.1) is 0 Å². The molecule has 27 heteroatoms. The Morgan fingerprint density at radius 2 is 0.780 bits per heavy atom. The van der Waals surface area contributed by atoms with Gasteiger partial charge in [-0.3, -0.25) is 48.3 Å². The van der Waals surface area contributed by atoms with E-state index in [1.807, 2.05) is 67.6 Å². The van der Waals surface area contributed by atoms with E-state index in [1.165, 1.54) is 17.6 Å². The number of amides is 4. The molecule has 0 atom stereocenters. The number of rotatable bonds is 41. The summed E-state index contributed by atoms with van der Waals surface area (Å²) in [5.74, 6) is 0.0818. The number of fused-ring (bicyclic) bond motifs is 2. The van der Waals surface area contributed by atoms with Gasteiger partial charge in [-0.2, -0.15) is 0 Å². The van der Waals surface area contributed by atoms with E-state index in [9.17, 15) is 33.6 Å². The number of aromatic nitrogens is 4. The van der Waals surface area contributed by atoms with Crippen molar-refractivity contribution in [2.45, 2.75) is 77.6 Å². The number of aliphatic carboxylic acids is 3. The molecule has 0 saturated carbocycles. The number of carbonyl (C=O) groups is 7. The van der Waals surface area contributed by atoms with Gasteiger partial charge in [0.1, 0.15) is 24.3 Å². The zero-order chi connectivity index (χ0) is 65.9. The van der Waals surface area contributed by atoms with Gasteiger partial charge in [-0.05, 0) is 93.2 Å². The van der Waals surface area contributed by atoms with E-state index >= 15 is 0 Å². The van der Waals surface area contributed by atoms with Crippen molar-refractivity contribution in [3.63, 3.8) is 0 Å². The van der Waals surface area contributed by atoms with Gasteiger partial charge >= 0.3 is 17.9 Å². The molecule has 0 saturated heterocycles. The average Bonchev–Trinajstić information content (AvgIpc) is 0.890. The fourth-order valence-corrected chi connectivity index (χ4v) is 9.53. The van der Waals surface area contributed by atoms with Crippen molar-refractivity contribution in [3.05, 3.63) is 96.6 Å². The van der Waals surface area contributed by atoms with Crippen LogP contribution in [-0.2, 0) is 46.4 Å². The van der Waals surface area contributed by atoms with E-state index < -0.39 is 17.9 Å². The highest BCUT2D eigenvalue weighted by atomic mass is 16.5. The van der Waals surface area contributed by atoms with Crippen LogP contribution < -0.4 is 50.8 Å². The minimum absolute atomic E-state index is 0.0335. The van der Waals surface area contributed by atoms with Crippen molar-refractivity contribution in [2.75, 3.05) is 125 Å². The van der Waals surface area contributed by atoms with E-state index in [0.717, 1.165) is 96.6 Å². The lowest BCUT2D eigenvalue weighted by Crippen LogP contribution is -2.43. The van der Waals surface area contributed by atoms with Gasteiger partial charge in [0, 0.05) is 73.5 Å². The molecule has 0 aliphatic rings. The van der Waals surface area contributed by atoms with Crippen LogP contribution in [0.1, 0.15) is 75.8 Å². The van der Waals surface area contributed by atoms with Gasteiger partial charge in [0.05, 0.1) is 85.0 Å². The second kappa shape index (κ2) is 39.5. The number of anilines is 4. The molecule has 0 unspecified atom stereocenters. The average molecular weight is 1260 g/mol. The second-order valence-corrected chi connectivity index (χ2v) is 21.5. The number of likely N-dealkylation sites (N-methyl/N-ethyl adjacent to an activating group) is 1. The van der Waals surface area contributed by atoms with Gasteiger partial charge < -0.3 is 66.2 Å². The second-order valence-electron chi connectivity index (χ2n) is 21.5. The van der Waals surface area contributed by atoms with Gasteiger partial charge in [-0.15, -0.1) is 0 Å². The number of unbranched alkanes of at least 4 members (excludes halogenated alkanes) is 6. The number of carbonyl (C=O) groups excluding carboxylic acids is 4. The highest BCUT2D eigenvalue weighted by Gasteiger charge is 2.18. The minimum atomic E-state index is -1.06.